The summed E-state index contributed by atoms with van der Waals surface area (Å²) in [5.41, 5.74) is 0.909. The van der Waals surface area contributed by atoms with Gasteiger partial charge < -0.3 is 16.0 Å². The zero-order chi connectivity index (χ0) is 18.4. The van der Waals surface area contributed by atoms with Gasteiger partial charge in [-0.2, -0.15) is 0 Å². The van der Waals surface area contributed by atoms with E-state index in [9.17, 15) is 18.0 Å². The second-order valence-corrected chi connectivity index (χ2v) is 8.74. The number of rotatable bonds is 6. The Hall–Kier alpha value is -2.16. The van der Waals surface area contributed by atoms with Gasteiger partial charge in [0.15, 0.2) is 9.84 Å². The van der Waals surface area contributed by atoms with Gasteiger partial charge in [-0.15, -0.1) is 0 Å². The Morgan fingerprint density at radius 1 is 1.28 bits per heavy atom. The lowest BCUT2D eigenvalue weighted by Gasteiger charge is -2.23. The van der Waals surface area contributed by atoms with E-state index < -0.39 is 28.0 Å². The van der Waals surface area contributed by atoms with Crippen LogP contribution in [0.25, 0.3) is 0 Å². The van der Waals surface area contributed by atoms with E-state index in [2.05, 4.69) is 20.9 Å². The highest BCUT2D eigenvalue weighted by atomic mass is 32.2. The number of hydrogen-bond acceptors (Lipinski definition) is 5. The first kappa shape index (κ1) is 19.2. The van der Waals surface area contributed by atoms with E-state index in [1.165, 1.54) is 0 Å². The third-order valence-corrected chi connectivity index (χ3v) is 5.79. The van der Waals surface area contributed by atoms with Gasteiger partial charge >= 0.3 is 6.03 Å². The maximum atomic E-state index is 12.4. The maximum absolute atomic E-state index is 12.4. The molecular formula is C16H24N4O4S. The number of carbonyl (C=O) groups is 2. The van der Waals surface area contributed by atoms with Crippen molar-refractivity contribution in [1.82, 2.24) is 20.9 Å². The number of nitrogens with zero attached hydrogens (tertiary/aromatic N) is 1. The lowest BCUT2D eigenvalue weighted by molar-refractivity contribution is -0.124. The molecule has 3 N–H and O–H groups in total. The predicted molar refractivity (Wildman–Crippen MR) is 93.4 cm³/mol. The van der Waals surface area contributed by atoms with Gasteiger partial charge in [-0.05, 0) is 30.0 Å². The smallest absolute Gasteiger partial charge is 0.315 e. The minimum absolute atomic E-state index is 0.0546. The van der Waals surface area contributed by atoms with Crippen molar-refractivity contribution >= 4 is 21.8 Å². The number of pyridine rings is 1. The van der Waals surface area contributed by atoms with Gasteiger partial charge in [-0.1, -0.05) is 13.8 Å². The van der Waals surface area contributed by atoms with Crippen molar-refractivity contribution < 1.29 is 18.0 Å². The minimum Gasteiger partial charge on any atom is -0.350 e. The molecule has 0 spiro atoms. The molecule has 0 radical (unpaired) electrons. The van der Waals surface area contributed by atoms with Crippen molar-refractivity contribution in [2.75, 3.05) is 11.5 Å². The van der Waals surface area contributed by atoms with Crippen molar-refractivity contribution in [3.05, 3.63) is 30.1 Å². The minimum atomic E-state index is -3.07. The van der Waals surface area contributed by atoms with Crippen LogP contribution in [-0.4, -0.2) is 48.9 Å². The van der Waals surface area contributed by atoms with E-state index in [1.807, 2.05) is 13.8 Å². The third kappa shape index (κ3) is 6.00. The highest BCUT2D eigenvalue weighted by molar-refractivity contribution is 7.91. The molecule has 8 nitrogen and oxygen atoms in total. The van der Waals surface area contributed by atoms with Crippen molar-refractivity contribution in [1.29, 1.82) is 0 Å². The molecule has 0 aromatic carbocycles. The van der Waals surface area contributed by atoms with Crippen molar-refractivity contribution in [2.24, 2.45) is 5.92 Å². The molecule has 2 heterocycles. The number of urea groups is 1. The van der Waals surface area contributed by atoms with Crippen LogP contribution in [0.15, 0.2) is 24.5 Å². The molecule has 25 heavy (non-hydrogen) atoms. The quantitative estimate of drug-likeness (QED) is 0.663. The van der Waals surface area contributed by atoms with Crippen LogP contribution in [-0.2, 0) is 21.2 Å². The number of aromatic nitrogens is 1. The summed E-state index contributed by atoms with van der Waals surface area (Å²) in [5.74, 6) is -0.379. The Balaban J connectivity index is 1.86. The molecule has 2 rings (SSSR count). The van der Waals surface area contributed by atoms with E-state index in [0.717, 1.165) is 5.56 Å². The summed E-state index contributed by atoms with van der Waals surface area (Å²) in [5, 5.41) is 8.06. The summed E-state index contributed by atoms with van der Waals surface area (Å²) in [4.78, 5) is 28.4. The fraction of sp³-hybridized carbons (Fsp3) is 0.562. The monoisotopic (exact) mass is 368 g/mol. The SMILES string of the molecule is CC(C)[C@H](NC(=O)N[C@H]1CCS(=O)(=O)C1)C(=O)NCc1ccncc1. The molecule has 0 aliphatic carbocycles. The zero-order valence-electron chi connectivity index (χ0n) is 14.4. The molecule has 1 aliphatic heterocycles. The van der Waals surface area contributed by atoms with Crippen LogP contribution < -0.4 is 16.0 Å². The highest BCUT2D eigenvalue weighted by Gasteiger charge is 2.30. The lowest BCUT2D eigenvalue weighted by Crippen LogP contribution is -2.54. The average Bonchev–Trinajstić information content (AvgIpc) is 2.89. The second-order valence-electron chi connectivity index (χ2n) is 6.51. The van der Waals surface area contributed by atoms with Gasteiger partial charge in [0.25, 0.3) is 0 Å². The van der Waals surface area contributed by atoms with Gasteiger partial charge in [-0.25, -0.2) is 13.2 Å². The van der Waals surface area contributed by atoms with E-state index in [-0.39, 0.29) is 23.3 Å². The Bertz CT molecular complexity index is 706. The first-order valence-corrected chi connectivity index (χ1v) is 10.0. The van der Waals surface area contributed by atoms with Crippen LogP contribution in [0.5, 0.6) is 0 Å². The van der Waals surface area contributed by atoms with Crippen molar-refractivity contribution in [3.8, 4) is 0 Å². The van der Waals surface area contributed by atoms with Crippen LogP contribution in [0.2, 0.25) is 0 Å². The standard InChI is InChI=1S/C16H24N4O4S/c1-11(2)14(15(21)18-9-12-3-6-17-7-4-12)20-16(22)19-13-5-8-25(23,24)10-13/h3-4,6-7,11,13-14H,5,8-10H2,1-2H3,(H,18,21)(H2,19,20,22)/t13-,14-/m0/s1. The number of sulfone groups is 1. The molecule has 1 fully saturated rings. The summed E-state index contributed by atoms with van der Waals surface area (Å²) >= 11 is 0. The normalized spacial score (nSPS) is 20.0. The third-order valence-electron chi connectivity index (χ3n) is 4.02. The molecule has 1 aromatic heterocycles. The number of nitrogens with one attached hydrogen (secondary N) is 3. The van der Waals surface area contributed by atoms with Crippen LogP contribution in [0.3, 0.4) is 0 Å². The van der Waals surface area contributed by atoms with E-state index in [0.29, 0.717) is 13.0 Å². The zero-order valence-corrected chi connectivity index (χ0v) is 15.2. The average molecular weight is 368 g/mol. The summed E-state index contributed by atoms with van der Waals surface area (Å²) in [6.45, 7) is 4.00. The van der Waals surface area contributed by atoms with Crippen LogP contribution in [0, 0.1) is 5.92 Å². The molecule has 0 saturated carbocycles. The van der Waals surface area contributed by atoms with Gasteiger partial charge in [0.05, 0.1) is 11.5 Å². The molecule has 3 amide bonds. The van der Waals surface area contributed by atoms with Gasteiger partial charge in [-0.3, -0.25) is 9.78 Å². The number of amides is 3. The molecule has 0 unspecified atom stereocenters. The van der Waals surface area contributed by atoms with Crippen molar-refractivity contribution in [2.45, 2.75) is 38.9 Å². The molecular weight excluding hydrogens is 344 g/mol. The van der Waals surface area contributed by atoms with Crippen LogP contribution >= 0.6 is 0 Å². The van der Waals surface area contributed by atoms with Gasteiger partial charge in [0, 0.05) is 25.0 Å². The second kappa shape index (κ2) is 8.28. The topological polar surface area (TPSA) is 117 Å². The van der Waals surface area contributed by atoms with Gasteiger partial charge in [0.1, 0.15) is 6.04 Å². The molecule has 2 atom stereocenters. The fourth-order valence-corrected chi connectivity index (χ4v) is 4.29. The first-order valence-electron chi connectivity index (χ1n) is 8.21. The fourth-order valence-electron chi connectivity index (χ4n) is 2.61. The predicted octanol–water partition coefficient (Wildman–Crippen LogP) is 0.209. The number of carbonyl (C=O) groups excluding carboxylic acids is 2. The Morgan fingerprint density at radius 2 is 1.96 bits per heavy atom. The summed E-state index contributed by atoms with van der Waals surface area (Å²) in [6, 6.07) is 1.95. The summed E-state index contributed by atoms with van der Waals surface area (Å²) < 4.78 is 22.9. The summed E-state index contributed by atoms with van der Waals surface area (Å²) in [7, 11) is -3.07. The van der Waals surface area contributed by atoms with Crippen LogP contribution in [0.4, 0.5) is 4.79 Å². The first-order chi connectivity index (χ1) is 11.8. The van der Waals surface area contributed by atoms with Crippen LogP contribution in [0.1, 0.15) is 25.8 Å². The molecule has 1 aliphatic rings. The largest absolute Gasteiger partial charge is 0.350 e. The molecule has 1 saturated heterocycles. The van der Waals surface area contributed by atoms with Gasteiger partial charge in [0.2, 0.25) is 5.91 Å². The molecule has 9 heteroatoms. The van der Waals surface area contributed by atoms with E-state index >= 15 is 0 Å². The Kier molecular flexibility index (Phi) is 6.35. The highest BCUT2D eigenvalue weighted by Crippen LogP contribution is 2.11. The maximum Gasteiger partial charge on any atom is 0.315 e. The molecule has 0 bridgehead atoms. The number of hydrogen-bond donors (Lipinski definition) is 3. The Morgan fingerprint density at radius 3 is 2.52 bits per heavy atom. The van der Waals surface area contributed by atoms with Crippen molar-refractivity contribution in [3.63, 3.8) is 0 Å². The Labute approximate surface area is 147 Å². The summed E-state index contributed by atoms with van der Waals surface area (Å²) in [6.07, 6.45) is 3.68. The molecule has 1 aromatic rings. The van der Waals surface area contributed by atoms with E-state index in [1.54, 1.807) is 24.5 Å². The van der Waals surface area contributed by atoms with E-state index in [4.69, 9.17) is 0 Å². The lowest BCUT2D eigenvalue weighted by atomic mass is 10.0. The molecule has 138 valence electrons.